The van der Waals surface area contributed by atoms with Gasteiger partial charge in [0.05, 0.1) is 4.90 Å². The van der Waals surface area contributed by atoms with Gasteiger partial charge in [0.2, 0.25) is 5.91 Å². The summed E-state index contributed by atoms with van der Waals surface area (Å²) < 4.78 is 22.4. The van der Waals surface area contributed by atoms with Crippen LogP contribution in [0.25, 0.3) is 0 Å². The van der Waals surface area contributed by atoms with E-state index in [4.69, 9.17) is 10.7 Å². The second-order valence-electron chi connectivity index (χ2n) is 4.94. The van der Waals surface area contributed by atoms with Gasteiger partial charge in [0.25, 0.3) is 9.05 Å². The van der Waals surface area contributed by atoms with Crippen LogP contribution in [0.3, 0.4) is 0 Å². The van der Waals surface area contributed by atoms with Crippen LogP contribution in [0.4, 0.5) is 5.69 Å². The van der Waals surface area contributed by atoms with Gasteiger partial charge in [0.1, 0.15) is 0 Å². The van der Waals surface area contributed by atoms with Crippen LogP contribution < -0.4 is 5.32 Å². The number of hydrogen-bond acceptors (Lipinski definition) is 3. The smallest absolute Gasteiger partial charge is 0.261 e. The van der Waals surface area contributed by atoms with Gasteiger partial charge >= 0.3 is 0 Å². The molecule has 1 aromatic rings. The molecular formula is C13H18ClNO3S. The molecule has 0 aromatic heterocycles. The lowest BCUT2D eigenvalue weighted by Gasteiger charge is -2.16. The number of carbonyl (C=O) groups excluding carboxylic acids is 1. The predicted molar refractivity (Wildman–Crippen MR) is 76.8 cm³/mol. The van der Waals surface area contributed by atoms with Gasteiger partial charge in [0, 0.05) is 22.3 Å². The highest BCUT2D eigenvalue weighted by Gasteiger charge is 2.18. The van der Waals surface area contributed by atoms with E-state index in [1.165, 1.54) is 12.1 Å². The summed E-state index contributed by atoms with van der Waals surface area (Å²) in [5.41, 5.74) is 1.26. The maximum Gasteiger partial charge on any atom is 0.261 e. The Morgan fingerprint density at radius 1 is 1.26 bits per heavy atom. The quantitative estimate of drug-likeness (QED) is 0.869. The molecule has 19 heavy (non-hydrogen) atoms. The molecule has 0 bridgehead atoms. The molecule has 0 radical (unpaired) electrons. The number of halogens is 1. The van der Waals surface area contributed by atoms with Crippen LogP contribution in [0.1, 0.15) is 26.3 Å². The molecule has 1 rings (SSSR count). The summed E-state index contributed by atoms with van der Waals surface area (Å²) >= 11 is 0. The fourth-order valence-corrected chi connectivity index (χ4v) is 2.31. The van der Waals surface area contributed by atoms with Crippen LogP contribution in [0.15, 0.2) is 23.1 Å². The molecule has 1 atom stereocenters. The standard InChI is InChI=1S/C13H18ClNO3S/c1-8(2)10(4)13(16)15-12-6-5-11(7-9(12)3)19(14,17)18/h5-8,10H,1-4H3,(H,15,16). The molecule has 0 aliphatic carbocycles. The van der Waals surface area contributed by atoms with Crippen LogP contribution in [0, 0.1) is 18.8 Å². The maximum absolute atomic E-state index is 11.9. The predicted octanol–water partition coefficient (Wildman–Crippen LogP) is 3.15. The molecule has 1 amide bonds. The average molecular weight is 304 g/mol. The zero-order valence-corrected chi connectivity index (χ0v) is 13.0. The van der Waals surface area contributed by atoms with Crippen molar-refractivity contribution in [2.75, 3.05) is 5.32 Å². The molecule has 1 N–H and O–H groups in total. The number of amides is 1. The lowest BCUT2D eigenvalue weighted by atomic mass is 9.97. The summed E-state index contributed by atoms with van der Waals surface area (Å²) in [6.45, 7) is 7.52. The number of benzene rings is 1. The van der Waals surface area contributed by atoms with Crippen molar-refractivity contribution in [1.82, 2.24) is 0 Å². The molecule has 0 fully saturated rings. The Balaban J connectivity index is 2.96. The van der Waals surface area contributed by atoms with Gasteiger partial charge in [-0.25, -0.2) is 8.42 Å². The first-order valence-electron chi connectivity index (χ1n) is 5.99. The van der Waals surface area contributed by atoms with Crippen molar-refractivity contribution in [1.29, 1.82) is 0 Å². The van der Waals surface area contributed by atoms with Gasteiger partial charge in [-0.2, -0.15) is 0 Å². The minimum absolute atomic E-state index is 0.0292. The van der Waals surface area contributed by atoms with Crippen molar-refractivity contribution in [2.45, 2.75) is 32.6 Å². The first-order valence-corrected chi connectivity index (χ1v) is 8.30. The highest BCUT2D eigenvalue weighted by molar-refractivity contribution is 8.13. The molecule has 0 saturated heterocycles. The second kappa shape index (κ2) is 5.92. The number of carbonyl (C=O) groups is 1. The van der Waals surface area contributed by atoms with Gasteiger partial charge in [-0.1, -0.05) is 20.8 Å². The van der Waals surface area contributed by atoms with Crippen molar-refractivity contribution in [2.24, 2.45) is 11.8 Å². The van der Waals surface area contributed by atoms with E-state index in [9.17, 15) is 13.2 Å². The van der Waals surface area contributed by atoms with Crippen LogP contribution in [-0.4, -0.2) is 14.3 Å². The molecule has 0 heterocycles. The van der Waals surface area contributed by atoms with Crippen LogP contribution >= 0.6 is 10.7 Å². The average Bonchev–Trinajstić information content (AvgIpc) is 2.29. The molecule has 106 valence electrons. The van der Waals surface area contributed by atoms with E-state index in [1.54, 1.807) is 13.0 Å². The van der Waals surface area contributed by atoms with E-state index >= 15 is 0 Å². The molecular weight excluding hydrogens is 286 g/mol. The summed E-state index contributed by atoms with van der Waals surface area (Å²) in [7, 11) is 1.52. The van der Waals surface area contributed by atoms with E-state index in [0.717, 1.165) is 0 Å². The largest absolute Gasteiger partial charge is 0.326 e. The monoisotopic (exact) mass is 303 g/mol. The van der Waals surface area contributed by atoms with Crippen molar-refractivity contribution < 1.29 is 13.2 Å². The summed E-state index contributed by atoms with van der Waals surface area (Å²) in [5, 5.41) is 2.79. The third kappa shape index (κ3) is 4.21. The van der Waals surface area contributed by atoms with Crippen LogP contribution in [0.2, 0.25) is 0 Å². The van der Waals surface area contributed by atoms with Crippen molar-refractivity contribution in [3.8, 4) is 0 Å². The third-order valence-corrected chi connectivity index (χ3v) is 4.50. The number of aryl methyl sites for hydroxylation is 1. The van der Waals surface area contributed by atoms with Crippen LogP contribution in [0.5, 0.6) is 0 Å². The highest BCUT2D eigenvalue weighted by Crippen LogP contribution is 2.23. The van der Waals surface area contributed by atoms with Gasteiger partial charge in [-0.05, 0) is 36.6 Å². The molecule has 1 aromatic carbocycles. The second-order valence-corrected chi connectivity index (χ2v) is 7.50. The SMILES string of the molecule is Cc1cc(S(=O)(=O)Cl)ccc1NC(=O)C(C)C(C)C. The van der Waals surface area contributed by atoms with Gasteiger partial charge in [-0.15, -0.1) is 0 Å². The summed E-state index contributed by atoms with van der Waals surface area (Å²) in [6.07, 6.45) is 0. The van der Waals surface area contributed by atoms with Crippen molar-refractivity contribution in [3.63, 3.8) is 0 Å². The van der Waals surface area contributed by atoms with Gasteiger partial charge in [0.15, 0.2) is 0 Å². The normalized spacial score (nSPS) is 13.4. The Labute approximate surface area is 118 Å². The highest BCUT2D eigenvalue weighted by atomic mass is 35.7. The molecule has 0 aliphatic heterocycles. The van der Waals surface area contributed by atoms with E-state index in [0.29, 0.717) is 11.3 Å². The topological polar surface area (TPSA) is 63.2 Å². The summed E-state index contributed by atoms with van der Waals surface area (Å²) in [4.78, 5) is 12.0. The lowest BCUT2D eigenvalue weighted by molar-refractivity contribution is -0.120. The fraction of sp³-hybridized carbons (Fsp3) is 0.462. The fourth-order valence-electron chi connectivity index (χ4n) is 1.48. The summed E-state index contributed by atoms with van der Waals surface area (Å²) in [6, 6.07) is 4.37. The Hall–Kier alpha value is -1.07. The number of rotatable bonds is 4. The lowest BCUT2D eigenvalue weighted by Crippen LogP contribution is -2.24. The molecule has 4 nitrogen and oxygen atoms in total. The van der Waals surface area contributed by atoms with Crippen LogP contribution in [-0.2, 0) is 13.8 Å². The maximum atomic E-state index is 11.9. The summed E-state index contributed by atoms with van der Waals surface area (Å²) in [5.74, 6) is 0.0400. The minimum atomic E-state index is -3.74. The van der Waals surface area contributed by atoms with Crippen molar-refractivity contribution in [3.05, 3.63) is 23.8 Å². The third-order valence-electron chi connectivity index (χ3n) is 3.15. The number of anilines is 1. The van der Waals surface area contributed by atoms with Gasteiger partial charge in [-0.3, -0.25) is 4.79 Å². The molecule has 1 unspecified atom stereocenters. The van der Waals surface area contributed by atoms with Gasteiger partial charge < -0.3 is 5.32 Å². The first kappa shape index (κ1) is 16.0. The van der Waals surface area contributed by atoms with E-state index in [2.05, 4.69) is 5.32 Å². The first-order chi connectivity index (χ1) is 8.62. The number of nitrogens with one attached hydrogen (secondary N) is 1. The molecule has 0 saturated carbocycles. The molecule has 6 heteroatoms. The molecule has 0 spiro atoms. The number of hydrogen-bond donors (Lipinski definition) is 1. The Kier molecular flexibility index (Phi) is 4.98. The minimum Gasteiger partial charge on any atom is -0.326 e. The van der Waals surface area contributed by atoms with E-state index in [-0.39, 0.29) is 22.6 Å². The van der Waals surface area contributed by atoms with E-state index < -0.39 is 9.05 Å². The zero-order valence-electron chi connectivity index (χ0n) is 11.4. The molecule has 0 aliphatic rings. The Morgan fingerprint density at radius 2 is 1.84 bits per heavy atom. The Morgan fingerprint density at radius 3 is 2.26 bits per heavy atom. The zero-order chi connectivity index (χ0) is 14.8. The Bertz CT molecular complexity index is 582. The van der Waals surface area contributed by atoms with E-state index in [1.807, 2.05) is 20.8 Å². The van der Waals surface area contributed by atoms with Crippen molar-refractivity contribution >= 4 is 31.3 Å².